The van der Waals surface area contributed by atoms with E-state index in [1.165, 1.54) is 19.3 Å². The van der Waals surface area contributed by atoms with E-state index in [9.17, 15) is 0 Å². The highest BCUT2D eigenvalue weighted by molar-refractivity contribution is 5.57. The third kappa shape index (κ3) is 4.68. The zero-order valence-corrected chi connectivity index (χ0v) is 16.0. The Morgan fingerprint density at radius 3 is 2.67 bits per heavy atom. The second kappa shape index (κ2) is 8.85. The van der Waals surface area contributed by atoms with Crippen molar-refractivity contribution in [2.24, 2.45) is 0 Å². The molecule has 0 radical (unpaired) electrons. The van der Waals surface area contributed by atoms with Gasteiger partial charge in [-0.2, -0.15) is 0 Å². The van der Waals surface area contributed by atoms with Crippen molar-refractivity contribution in [1.82, 2.24) is 10.1 Å². The minimum Gasteiger partial charge on any atom is -0.489 e. The lowest BCUT2D eigenvalue weighted by Crippen LogP contribution is -2.22. The van der Waals surface area contributed by atoms with Crippen molar-refractivity contribution in [3.63, 3.8) is 0 Å². The highest BCUT2D eigenvalue weighted by atomic mass is 16.7. The number of hydrogen-bond donors (Lipinski definition) is 0. The molecule has 1 unspecified atom stereocenters. The van der Waals surface area contributed by atoms with Gasteiger partial charge in [0.25, 0.3) is 0 Å². The Bertz CT molecular complexity index is 716. The van der Waals surface area contributed by atoms with Crippen molar-refractivity contribution in [2.45, 2.75) is 77.3 Å². The van der Waals surface area contributed by atoms with E-state index < -0.39 is 0 Å². The SMILES string of the molecule is Cc1noc(-c2ccc(OC3CCCCC3)cn2)c1COC1CCCCO1. The summed E-state index contributed by atoms with van der Waals surface area (Å²) in [6.07, 6.45) is 11.2. The van der Waals surface area contributed by atoms with Crippen LogP contribution >= 0.6 is 0 Å². The van der Waals surface area contributed by atoms with Crippen molar-refractivity contribution < 1.29 is 18.7 Å². The van der Waals surface area contributed by atoms with Crippen molar-refractivity contribution >= 4 is 0 Å². The average Bonchev–Trinajstić information content (AvgIpc) is 3.09. The van der Waals surface area contributed by atoms with Crippen LogP contribution in [0.2, 0.25) is 0 Å². The third-order valence-corrected chi connectivity index (χ3v) is 5.36. The number of pyridine rings is 1. The van der Waals surface area contributed by atoms with Crippen LogP contribution in [-0.2, 0) is 16.1 Å². The van der Waals surface area contributed by atoms with Crippen molar-refractivity contribution in [1.29, 1.82) is 0 Å². The lowest BCUT2D eigenvalue weighted by Gasteiger charge is -2.23. The number of hydrogen-bond acceptors (Lipinski definition) is 6. The molecule has 1 saturated heterocycles. The van der Waals surface area contributed by atoms with Gasteiger partial charge < -0.3 is 18.7 Å². The van der Waals surface area contributed by atoms with Gasteiger partial charge in [-0.05, 0) is 64.0 Å². The molecule has 4 rings (SSSR count). The maximum Gasteiger partial charge on any atom is 0.190 e. The third-order valence-electron chi connectivity index (χ3n) is 5.36. The van der Waals surface area contributed by atoms with Gasteiger partial charge in [0, 0.05) is 6.61 Å². The van der Waals surface area contributed by atoms with Crippen molar-refractivity contribution in [3.8, 4) is 17.2 Å². The molecule has 0 amide bonds. The quantitative estimate of drug-likeness (QED) is 0.726. The molecule has 2 aromatic rings. The largest absolute Gasteiger partial charge is 0.489 e. The molecule has 2 aliphatic rings. The molecule has 1 atom stereocenters. The van der Waals surface area contributed by atoms with E-state index in [0.717, 1.165) is 61.4 Å². The van der Waals surface area contributed by atoms with Crippen LogP contribution in [0.15, 0.2) is 22.9 Å². The lowest BCUT2D eigenvalue weighted by molar-refractivity contribution is -0.168. The Morgan fingerprint density at radius 2 is 1.93 bits per heavy atom. The van der Waals surface area contributed by atoms with Gasteiger partial charge in [0.15, 0.2) is 12.1 Å². The molecule has 6 nitrogen and oxygen atoms in total. The molecule has 0 spiro atoms. The minimum absolute atomic E-state index is 0.139. The van der Waals surface area contributed by atoms with Crippen LogP contribution in [0.1, 0.15) is 62.6 Å². The van der Waals surface area contributed by atoms with E-state index in [-0.39, 0.29) is 6.29 Å². The van der Waals surface area contributed by atoms with Crippen LogP contribution in [0.4, 0.5) is 0 Å². The van der Waals surface area contributed by atoms with Crippen LogP contribution < -0.4 is 4.74 Å². The fraction of sp³-hybridized carbons (Fsp3) is 0.619. The summed E-state index contributed by atoms with van der Waals surface area (Å²) in [7, 11) is 0. The van der Waals surface area contributed by atoms with E-state index >= 15 is 0 Å². The first-order valence-electron chi connectivity index (χ1n) is 10.1. The molecule has 0 bridgehead atoms. The standard InChI is InChI=1S/C21H28N2O4/c1-15-18(14-25-20-9-5-6-12-24-20)21(27-23-15)19-11-10-17(13-22-19)26-16-7-3-2-4-8-16/h10-11,13,16,20H,2-9,12,14H2,1H3. The second-order valence-corrected chi connectivity index (χ2v) is 7.44. The van der Waals surface area contributed by atoms with Crippen LogP contribution in [0, 0.1) is 6.92 Å². The molecule has 1 aliphatic carbocycles. The molecule has 0 N–H and O–H groups in total. The van der Waals surface area contributed by atoms with E-state index in [2.05, 4.69) is 10.1 Å². The van der Waals surface area contributed by atoms with Crippen LogP contribution in [0.5, 0.6) is 5.75 Å². The summed E-state index contributed by atoms with van der Waals surface area (Å²) in [6, 6.07) is 3.89. The Hall–Kier alpha value is -1.92. The highest BCUT2D eigenvalue weighted by Gasteiger charge is 2.21. The monoisotopic (exact) mass is 372 g/mol. The van der Waals surface area contributed by atoms with Gasteiger partial charge in [0.05, 0.1) is 30.2 Å². The molecule has 6 heteroatoms. The van der Waals surface area contributed by atoms with Crippen molar-refractivity contribution in [3.05, 3.63) is 29.6 Å². The van der Waals surface area contributed by atoms with E-state index in [1.54, 1.807) is 6.20 Å². The summed E-state index contributed by atoms with van der Waals surface area (Å²) >= 11 is 0. The maximum absolute atomic E-state index is 6.06. The summed E-state index contributed by atoms with van der Waals surface area (Å²) < 4.78 is 23.2. The molecule has 2 aromatic heterocycles. The summed E-state index contributed by atoms with van der Waals surface area (Å²) in [5.41, 5.74) is 2.50. The summed E-state index contributed by atoms with van der Waals surface area (Å²) in [4.78, 5) is 4.54. The molecule has 27 heavy (non-hydrogen) atoms. The first kappa shape index (κ1) is 18.4. The van der Waals surface area contributed by atoms with Gasteiger partial charge in [-0.3, -0.25) is 0 Å². The minimum atomic E-state index is -0.139. The van der Waals surface area contributed by atoms with Gasteiger partial charge in [-0.1, -0.05) is 11.6 Å². The van der Waals surface area contributed by atoms with Gasteiger partial charge in [-0.15, -0.1) is 0 Å². The predicted octanol–water partition coefficient (Wildman–Crippen LogP) is 4.80. The van der Waals surface area contributed by atoms with Gasteiger partial charge in [0.1, 0.15) is 11.4 Å². The van der Waals surface area contributed by atoms with E-state index in [1.807, 2.05) is 19.1 Å². The molecule has 0 aromatic carbocycles. The van der Waals surface area contributed by atoms with E-state index in [0.29, 0.717) is 18.5 Å². The predicted molar refractivity (Wildman–Crippen MR) is 100 cm³/mol. The second-order valence-electron chi connectivity index (χ2n) is 7.44. The fourth-order valence-corrected chi connectivity index (χ4v) is 3.74. The molecule has 1 saturated carbocycles. The number of ether oxygens (including phenoxy) is 3. The summed E-state index contributed by atoms with van der Waals surface area (Å²) in [6.45, 7) is 3.11. The number of nitrogens with zero attached hydrogens (tertiary/aromatic N) is 2. The molecule has 146 valence electrons. The first-order valence-corrected chi connectivity index (χ1v) is 10.1. The van der Waals surface area contributed by atoms with Gasteiger partial charge in [0.2, 0.25) is 0 Å². The molecular formula is C21H28N2O4. The topological polar surface area (TPSA) is 66.6 Å². The Balaban J connectivity index is 1.41. The zero-order valence-electron chi connectivity index (χ0n) is 16.0. The van der Waals surface area contributed by atoms with Crippen LogP contribution in [-0.4, -0.2) is 29.1 Å². The van der Waals surface area contributed by atoms with Gasteiger partial charge in [-0.25, -0.2) is 4.98 Å². The summed E-state index contributed by atoms with van der Waals surface area (Å²) in [5.74, 6) is 1.47. The number of rotatable bonds is 6. The Kier molecular flexibility index (Phi) is 6.04. The van der Waals surface area contributed by atoms with E-state index in [4.69, 9.17) is 18.7 Å². The van der Waals surface area contributed by atoms with Crippen molar-refractivity contribution in [2.75, 3.05) is 6.61 Å². The first-order chi connectivity index (χ1) is 13.3. The smallest absolute Gasteiger partial charge is 0.190 e. The zero-order chi connectivity index (χ0) is 18.5. The molecule has 1 aliphatic heterocycles. The average molecular weight is 372 g/mol. The highest BCUT2D eigenvalue weighted by Crippen LogP contribution is 2.29. The number of aromatic nitrogens is 2. The summed E-state index contributed by atoms with van der Waals surface area (Å²) in [5, 5.41) is 4.11. The molecule has 2 fully saturated rings. The normalized spacial score (nSPS) is 21.3. The lowest BCUT2D eigenvalue weighted by atomic mass is 9.98. The Morgan fingerprint density at radius 1 is 1.07 bits per heavy atom. The Labute approximate surface area is 160 Å². The van der Waals surface area contributed by atoms with Crippen LogP contribution in [0.3, 0.4) is 0 Å². The maximum atomic E-state index is 6.06. The fourth-order valence-electron chi connectivity index (χ4n) is 3.74. The molecule has 3 heterocycles. The molecular weight excluding hydrogens is 344 g/mol. The number of aryl methyl sites for hydroxylation is 1. The van der Waals surface area contributed by atoms with Gasteiger partial charge >= 0.3 is 0 Å². The van der Waals surface area contributed by atoms with Crippen LogP contribution in [0.25, 0.3) is 11.5 Å².